The third-order valence-electron chi connectivity index (χ3n) is 2.35. The van der Waals surface area contributed by atoms with Crippen LogP contribution in [0.25, 0.3) is 0 Å². The van der Waals surface area contributed by atoms with Gasteiger partial charge in [-0.25, -0.2) is 0 Å². The van der Waals surface area contributed by atoms with Crippen molar-refractivity contribution in [1.82, 2.24) is 10.2 Å². The molecule has 1 unspecified atom stereocenters. The average Bonchev–Trinajstić information content (AvgIpc) is 2.27. The SMILES string of the molecule is CCOCC(=O)N1CCOC(CNC)C1. The predicted octanol–water partition coefficient (Wildman–Crippen LogP) is -0.530. The second-order valence-corrected chi connectivity index (χ2v) is 3.53. The number of morpholine rings is 1. The maximum absolute atomic E-state index is 11.6. The van der Waals surface area contributed by atoms with E-state index in [1.54, 1.807) is 4.90 Å². The summed E-state index contributed by atoms with van der Waals surface area (Å²) in [6, 6.07) is 0. The van der Waals surface area contributed by atoms with Crippen LogP contribution in [0.1, 0.15) is 6.92 Å². The molecule has 1 amide bonds. The average molecular weight is 216 g/mol. The monoisotopic (exact) mass is 216 g/mol. The van der Waals surface area contributed by atoms with Crippen molar-refractivity contribution in [3.05, 3.63) is 0 Å². The molecular weight excluding hydrogens is 196 g/mol. The minimum Gasteiger partial charge on any atom is -0.373 e. The van der Waals surface area contributed by atoms with Crippen molar-refractivity contribution in [2.75, 3.05) is 46.5 Å². The predicted molar refractivity (Wildman–Crippen MR) is 56.7 cm³/mol. The summed E-state index contributed by atoms with van der Waals surface area (Å²) in [4.78, 5) is 13.4. The highest BCUT2D eigenvalue weighted by Crippen LogP contribution is 2.04. The molecule has 1 N–H and O–H groups in total. The van der Waals surface area contributed by atoms with Gasteiger partial charge in [-0.15, -0.1) is 0 Å². The molecule has 5 heteroatoms. The van der Waals surface area contributed by atoms with Crippen molar-refractivity contribution >= 4 is 5.91 Å². The highest BCUT2D eigenvalue weighted by molar-refractivity contribution is 5.77. The third-order valence-corrected chi connectivity index (χ3v) is 2.35. The Morgan fingerprint density at radius 3 is 3.13 bits per heavy atom. The molecule has 88 valence electrons. The van der Waals surface area contributed by atoms with Crippen LogP contribution in [0, 0.1) is 0 Å². The second-order valence-electron chi connectivity index (χ2n) is 3.53. The Kier molecular flexibility index (Phi) is 5.60. The number of carbonyl (C=O) groups is 1. The fourth-order valence-corrected chi connectivity index (χ4v) is 1.58. The van der Waals surface area contributed by atoms with Crippen LogP contribution in [0.5, 0.6) is 0 Å². The van der Waals surface area contributed by atoms with Crippen LogP contribution in [-0.4, -0.2) is 63.4 Å². The maximum atomic E-state index is 11.6. The van der Waals surface area contributed by atoms with E-state index in [0.29, 0.717) is 26.3 Å². The van der Waals surface area contributed by atoms with Crippen molar-refractivity contribution < 1.29 is 14.3 Å². The van der Waals surface area contributed by atoms with Crippen LogP contribution in [0.15, 0.2) is 0 Å². The van der Waals surface area contributed by atoms with Gasteiger partial charge in [-0.3, -0.25) is 4.79 Å². The summed E-state index contributed by atoms with van der Waals surface area (Å²) in [6.07, 6.45) is 0.106. The molecule has 0 radical (unpaired) electrons. The van der Waals surface area contributed by atoms with Crippen molar-refractivity contribution in [3.63, 3.8) is 0 Å². The fraction of sp³-hybridized carbons (Fsp3) is 0.900. The molecule has 0 aromatic heterocycles. The van der Waals surface area contributed by atoms with E-state index in [4.69, 9.17) is 9.47 Å². The minimum atomic E-state index is 0.0567. The highest BCUT2D eigenvalue weighted by Gasteiger charge is 2.23. The molecule has 1 heterocycles. The van der Waals surface area contributed by atoms with Gasteiger partial charge in [0.15, 0.2) is 0 Å². The number of carbonyl (C=O) groups excluding carboxylic acids is 1. The van der Waals surface area contributed by atoms with Gasteiger partial charge in [0.05, 0.1) is 12.7 Å². The first kappa shape index (κ1) is 12.4. The number of nitrogens with one attached hydrogen (secondary N) is 1. The molecule has 0 aromatic carbocycles. The summed E-state index contributed by atoms with van der Waals surface area (Å²) in [5, 5.41) is 3.05. The summed E-state index contributed by atoms with van der Waals surface area (Å²) >= 11 is 0. The lowest BCUT2D eigenvalue weighted by atomic mass is 10.2. The quantitative estimate of drug-likeness (QED) is 0.671. The first-order chi connectivity index (χ1) is 7.27. The van der Waals surface area contributed by atoms with Crippen LogP contribution in [0.4, 0.5) is 0 Å². The standard InChI is InChI=1S/C10H20N2O3/c1-3-14-8-10(13)12-4-5-15-9(7-12)6-11-2/h9,11H,3-8H2,1-2H3. The molecule has 0 spiro atoms. The number of hydrogen-bond donors (Lipinski definition) is 1. The first-order valence-corrected chi connectivity index (χ1v) is 5.39. The van der Waals surface area contributed by atoms with Crippen LogP contribution in [-0.2, 0) is 14.3 Å². The topological polar surface area (TPSA) is 50.8 Å². The molecule has 0 bridgehead atoms. The van der Waals surface area contributed by atoms with E-state index in [9.17, 15) is 4.79 Å². The summed E-state index contributed by atoms with van der Waals surface area (Å²) in [5.41, 5.74) is 0. The lowest BCUT2D eigenvalue weighted by Crippen LogP contribution is -2.49. The van der Waals surface area contributed by atoms with Gasteiger partial charge in [-0.1, -0.05) is 0 Å². The molecule has 1 rings (SSSR count). The number of hydrogen-bond acceptors (Lipinski definition) is 4. The van der Waals surface area contributed by atoms with E-state index >= 15 is 0 Å². The molecule has 0 aliphatic carbocycles. The second kappa shape index (κ2) is 6.76. The van der Waals surface area contributed by atoms with Gasteiger partial charge < -0.3 is 19.7 Å². The Labute approximate surface area is 90.7 Å². The Bertz CT molecular complexity index is 197. The van der Waals surface area contributed by atoms with E-state index in [1.807, 2.05) is 14.0 Å². The van der Waals surface area contributed by atoms with E-state index in [2.05, 4.69) is 5.32 Å². The van der Waals surface area contributed by atoms with Crippen molar-refractivity contribution in [2.24, 2.45) is 0 Å². The highest BCUT2D eigenvalue weighted by atomic mass is 16.5. The fourth-order valence-electron chi connectivity index (χ4n) is 1.58. The lowest BCUT2D eigenvalue weighted by molar-refractivity contribution is -0.143. The first-order valence-electron chi connectivity index (χ1n) is 5.39. The van der Waals surface area contributed by atoms with Crippen LogP contribution in [0.3, 0.4) is 0 Å². The van der Waals surface area contributed by atoms with Gasteiger partial charge in [-0.2, -0.15) is 0 Å². The molecule has 5 nitrogen and oxygen atoms in total. The van der Waals surface area contributed by atoms with Gasteiger partial charge in [0.2, 0.25) is 5.91 Å². The summed E-state index contributed by atoms with van der Waals surface area (Å²) < 4.78 is 10.6. The molecule has 1 saturated heterocycles. The summed E-state index contributed by atoms with van der Waals surface area (Å²) in [5.74, 6) is 0.0567. The van der Waals surface area contributed by atoms with E-state index in [1.165, 1.54) is 0 Å². The van der Waals surface area contributed by atoms with Crippen molar-refractivity contribution in [2.45, 2.75) is 13.0 Å². The van der Waals surface area contributed by atoms with Gasteiger partial charge in [0.25, 0.3) is 0 Å². The van der Waals surface area contributed by atoms with Gasteiger partial charge >= 0.3 is 0 Å². The molecule has 0 saturated carbocycles. The third kappa shape index (κ3) is 4.15. The lowest BCUT2D eigenvalue weighted by Gasteiger charge is -2.32. The Hall–Kier alpha value is -0.650. The molecular formula is C10H20N2O3. The zero-order valence-electron chi connectivity index (χ0n) is 9.49. The van der Waals surface area contributed by atoms with Crippen LogP contribution < -0.4 is 5.32 Å². The van der Waals surface area contributed by atoms with E-state index in [-0.39, 0.29) is 18.6 Å². The number of rotatable bonds is 5. The Morgan fingerprint density at radius 2 is 2.47 bits per heavy atom. The Balaban J connectivity index is 2.31. The normalized spacial score (nSPS) is 21.7. The van der Waals surface area contributed by atoms with Gasteiger partial charge in [0, 0.05) is 26.2 Å². The molecule has 0 aromatic rings. The van der Waals surface area contributed by atoms with Gasteiger partial charge in [-0.05, 0) is 14.0 Å². The Morgan fingerprint density at radius 1 is 1.67 bits per heavy atom. The molecule has 15 heavy (non-hydrogen) atoms. The van der Waals surface area contributed by atoms with E-state index < -0.39 is 0 Å². The number of nitrogens with zero attached hydrogens (tertiary/aromatic N) is 1. The molecule has 1 fully saturated rings. The molecule has 1 atom stereocenters. The zero-order chi connectivity index (χ0) is 11.1. The molecule has 1 aliphatic heterocycles. The smallest absolute Gasteiger partial charge is 0.248 e. The largest absolute Gasteiger partial charge is 0.373 e. The minimum absolute atomic E-state index is 0.0567. The number of amides is 1. The summed E-state index contributed by atoms with van der Waals surface area (Å²) in [6.45, 7) is 5.37. The van der Waals surface area contributed by atoms with Crippen molar-refractivity contribution in [3.8, 4) is 0 Å². The zero-order valence-corrected chi connectivity index (χ0v) is 9.49. The van der Waals surface area contributed by atoms with E-state index in [0.717, 1.165) is 6.54 Å². The maximum Gasteiger partial charge on any atom is 0.248 e. The van der Waals surface area contributed by atoms with Crippen LogP contribution >= 0.6 is 0 Å². The van der Waals surface area contributed by atoms with Gasteiger partial charge in [0.1, 0.15) is 6.61 Å². The number of likely N-dealkylation sites (N-methyl/N-ethyl adjacent to an activating group) is 1. The summed E-state index contributed by atoms with van der Waals surface area (Å²) in [7, 11) is 1.88. The van der Waals surface area contributed by atoms with Crippen molar-refractivity contribution in [1.29, 1.82) is 0 Å². The molecule has 1 aliphatic rings. The van der Waals surface area contributed by atoms with Crippen LogP contribution in [0.2, 0.25) is 0 Å². The number of ether oxygens (including phenoxy) is 2.